The monoisotopic (exact) mass is 267 g/mol. The van der Waals surface area contributed by atoms with Gasteiger partial charge < -0.3 is 5.32 Å². The van der Waals surface area contributed by atoms with Crippen LogP contribution in [0.25, 0.3) is 0 Å². The minimum atomic E-state index is 0.0970. The van der Waals surface area contributed by atoms with Crippen molar-refractivity contribution in [2.24, 2.45) is 0 Å². The average Bonchev–Trinajstić information content (AvgIpc) is 2.48. The molecule has 0 aliphatic heterocycles. The Labute approximate surface area is 120 Å². The Morgan fingerprint density at radius 1 is 1.05 bits per heavy atom. The zero-order valence-electron chi connectivity index (χ0n) is 12.3. The van der Waals surface area contributed by atoms with Crippen LogP contribution < -0.4 is 5.32 Å². The van der Waals surface area contributed by atoms with Gasteiger partial charge in [0.15, 0.2) is 5.78 Å². The first-order chi connectivity index (χ1) is 9.60. The van der Waals surface area contributed by atoms with Gasteiger partial charge in [0.2, 0.25) is 0 Å². The molecular weight excluding hydrogens is 246 g/mol. The van der Waals surface area contributed by atoms with Crippen molar-refractivity contribution in [3.8, 4) is 0 Å². The Hall–Kier alpha value is -2.09. The lowest BCUT2D eigenvalue weighted by Gasteiger charge is -2.16. The third-order valence-electron chi connectivity index (χ3n) is 3.56. The molecule has 0 saturated heterocycles. The Balaban J connectivity index is 2.06. The molecule has 2 rings (SSSR count). The Morgan fingerprint density at radius 2 is 1.65 bits per heavy atom. The molecule has 2 heteroatoms. The van der Waals surface area contributed by atoms with Crippen molar-refractivity contribution in [3.05, 3.63) is 65.2 Å². The second-order valence-corrected chi connectivity index (χ2v) is 5.09. The lowest BCUT2D eigenvalue weighted by atomic mass is 10.0. The zero-order valence-corrected chi connectivity index (χ0v) is 12.3. The van der Waals surface area contributed by atoms with E-state index in [0.717, 1.165) is 17.7 Å². The van der Waals surface area contributed by atoms with E-state index in [0.29, 0.717) is 0 Å². The van der Waals surface area contributed by atoms with Gasteiger partial charge in [-0.3, -0.25) is 4.79 Å². The van der Waals surface area contributed by atoms with Crippen LogP contribution in [0.4, 0.5) is 5.69 Å². The van der Waals surface area contributed by atoms with Gasteiger partial charge in [-0.25, -0.2) is 0 Å². The summed E-state index contributed by atoms with van der Waals surface area (Å²) in [4.78, 5) is 11.2. The highest BCUT2D eigenvalue weighted by Crippen LogP contribution is 2.20. The molecule has 0 aliphatic carbocycles. The molecule has 2 aromatic rings. The van der Waals surface area contributed by atoms with E-state index in [9.17, 15) is 4.79 Å². The summed E-state index contributed by atoms with van der Waals surface area (Å²) in [6, 6.07) is 16.5. The van der Waals surface area contributed by atoms with Crippen LogP contribution in [0.5, 0.6) is 0 Å². The van der Waals surface area contributed by atoms with E-state index >= 15 is 0 Å². The largest absolute Gasteiger partial charge is 0.379 e. The maximum atomic E-state index is 11.2. The number of carbonyl (C=O) groups is 1. The first-order valence-electron chi connectivity index (χ1n) is 7.06. The normalized spacial score (nSPS) is 11.9. The number of hydrogen-bond acceptors (Lipinski definition) is 2. The summed E-state index contributed by atoms with van der Waals surface area (Å²) >= 11 is 0. The van der Waals surface area contributed by atoms with Crippen molar-refractivity contribution >= 4 is 11.5 Å². The molecule has 20 heavy (non-hydrogen) atoms. The van der Waals surface area contributed by atoms with Gasteiger partial charge in [-0.05, 0) is 55.7 Å². The number of hydrogen-bond donors (Lipinski definition) is 1. The summed E-state index contributed by atoms with van der Waals surface area (Å²) < 4.78 is 0. The van der Waals surface area contributed by atoms with E-state index in [1.807, 2.05) is 24.3 Å². The molecule has 0 spiro atoms. The van der Waals surface area contributed by atoms with Gasteiger partial charge in [-0.1, -0.05) is 31.2 Å². The summed E-state index contributed by atoms with van der Waals surface area (Å²) in [6.45, 7) is 5.88. The summed E-state index contributed by atoms with van der Waals surface area (Å²) in [5.74, 6) is 0.0970. The predicted molar refractivity (Wildman–Crippen MR) is 84.3 cm³/mol. The van der Waals surface area contributed by atoms with E-state index in [2.05, 4.69) is 43.4 Å². The third-order valence-corrected chi connectivity index (χ3v) is 3.56. The standard InChI is InChI=1S/C18H21NO/c1-4-15-5-7-16(8-6-15)13(2)19-18-11-9-17(10-12-18)14(3)20/h5-13,19H,4H2,1-3H3. The molecule has 0 amide bonds. The topological polar surface area (TPSA) is 29.1 Å². The number of carbonyl (C=O) groups excluding carboxylic acids is 1. The third kappa shape index (κ3) is 3.47. The predicted octanol–water partition coefficient (Wildman–Crippen LogP) is 4.62. The lowest BCUT2D eigenvalue weighted by molar-refractivity contribution is 0.101. The number of aryl methyl sites for hydroxylation is 1. The first kappa shape index (κ1) is 14.3. The van der Waals surface area contributed by atoms with Crippen molar-refractivity contribution < 1.29 is 4.79 Å². The number of nitrogens with one attached hydrogen (secondary N) is 1. The molecule has 0 bridgehead atoms. The molecule has 2 nitrogen and oxygen atoms in total. The van der Waals surface area contributed by atoms with Gasteiger partial charge in [0, 0.05) is 17.3 Å². The number of benzene rings is 2. The van der Waals surface area contributed by atoms with E-state index in [1.54, 1.807) is 6.92 Å². The molecule has 0 fully saturated rings. The van der Waals surface area contributed by atoms with Crippen LogP contribution in [-0.4, -0.2) is 5.78 Å². The van der Waals surface area contributed by atoms with Crippen LogP contribution in [0.1, 0.15) is 48.3 Å². The summed E-state index contributed by atoms with van der Waals surface area (Å²) in [7, 11) is 0. The molecule has 0 heterocycles. The second kappa shape index (κ2) is 6.38. The number of rotatable bonds is 5. The van der Waals surface area contributed by atoms with Crippen LogP contribution in [0.15, 0.2) is 48.5 Å². The molecule has 1 N–H and O–H groups in total. The Kier molecular flexibility index (Phi) is 4.57. The van der Waals surface area contributed by atoms with Crippen LogP contribution in [0.3, 0.4) is 0 Å². The van der Waals surface area contributed by atoms with Gasteiger partial charge in [0.05, 0.1) is 0 Å². The molecule has 0 saturated carbocycles. The van der Waals surface area contributed by atoms with Crippen molar-refractivity contribution in [1.29, 1.82) is 0 Å². The van der Waals surface area contributed by atoms with Crippen molar-refractivity contribution in [2.75, 3.05) is 5.32 Å². The van der Waals surface area contributed by atoms with Crippen molar-refractivity contribution in [1.82, 2.24) is 0 Å². The van der Waals surface area contributed by atoms with Gasteiger partial charge >= 0.3 is 0 Å². The molecule has 0 aromatic heterocycles. The van der Waals surface area contributed by atoms with Crippen molar-refractivity contribution in [2.45, 2.75) is 33.2 Å². The van der Waals surface area contributed by atoms with Gasteiger partial charge in [0.25, 0.3) is 0 Å². The molecule has 104 valence electrons. The quantitative estimate of drug-likeness (QED) is 0.800. The summed E-state index contributed by atoms with van der Waals surface area (Å²) in [6.07, 6.45) is 1.06. The maximum absolute atomic E-state index is 11.2. The molecule has 2 aromatic carbocycles. The lowest BCUT2D eigenvalue weighted by Crippen LogP contribution is -2.06. The fraction of sp³-hybridized carbons (Fsp3) is 0.278. The van der Waals surface area contributed by atoms with Crippen LogP contribution in [0, 0.1) is 0 Å². The van der Waals surface area contributed by atoms with E-state index < -0.39 is 0 Å². The second-order valence-electron chi connectivity index (χ2n) is 5.09. The zero-order chi connectivity index (χ0) is 14.5. The molecule has 0 radical (unpaired) electrons. The number of Topliss-reactive ketones (excluding diaryl/α,β-unsaturated/α-hetero) is 1. The summed E-state index contributed by atoms with van der Waals surface area (Å²) in [5.41, 5.74) is 4.39. The van der Waals surface area contributed by atoms with Crippen LogP contribution in [-0.2, 0) is 6.42 Å². The number of anilines is 1. The summed E-state index contributed by atoms with van der Waals surface area (Å²) in [5, 5.41) is 3.45. The van der Waals surface area contributed by atoms with Crippen molar-refractivity contribution in [3.63, 3.8) is 0 Å². The van der Waals surface area contributed by atoms with Crippen LogP contribution >= 0.6 is 0 Å². The first-order valence-corrected chi connectivity index (χ1v) is 7.06. The highest BCUT2D eigenvalue weighted by atomic mass is 16.1. The highest BCUT2D eigenvalue weighted by molar-refractivity contribution is 5.94. The smallest absolute Gasteiger partial charge is 0.159 e. The van der Waals surface area contributed by atoms with Gasteiger partial charge in [-0.15, -0.1) is 0 Å². The minimum Gasteiger partial charge on any atom is -0.379 e. The van der Waals surface area contributed by atoms with E-state index in [-0.39, 0.29) is 11.8 Å². The molecule has 1 unspecified atom stereocenters. The molecule has 1 atom stereocenters. The van der Waals surface area contributed by atoms with E-state index in [4.69, 9.17) is 0 Å². The minimum absolute atomic E-state index is 0.0970. The van der Waals surface area contributed by atoms with Crippen LogP contribution in [0.2, 0.25) is 0 Å². The van der Waals surface area contributed by atoms with Gasteiger partial charge in [0.1, 0.15) is 0 Å². The average molecular weight is 267 g/mol. The van der Waals surface area contributed by atoms with E-state index in [1.165, 1.54) is 11.1 Å². The SMILES string of the molecule is CCc1ccc(C(C)Nc2ccc(C(C)=O)cc2)cc1. The Bertz CT molecular complexity index is 569. The highest BCUT2D eigenvalue weighted by Gasteiger charge is 2.06. The maximum Gasteiger partial charge on any atom is 0.159 e. The molecule has 0 aliphatic rings. The number of ketones is 1. The molecular formula is C18H21NO. The fourth-order valence-corrected chi connectivity index (χ4v) is 2.18. The fourth-order valence-electron chi connectivity index (χ4n) is 2.18. The van der Waals surface area contributed by atoms with Gasteiger partial charge in [-0.2, -0.15) is 0 Å². The Morgan fingerprint density at radius 3 is 2.15 bits per heavy atom.